The van der Waals surface area contributed by atoms with Crippen LogP contribution in [0, 0.1) is 37.5 Å². The highest BCUT2D eigenvalue weighted by Crippen LogP contribution is 2.36. The van der Waals surface area contributed by atoms with Crippen LogP contribution in [0.2, 0.25) is 0 Å². The van der Waals surface area contributed by atoms with Gasteiger partial charge in [0.2, 0.25) is 0 Å². The number of halogens is 3. The van der Waals surface area contributed by atoms with Crippen LogP contribution in [0.15, 0.2) is 60.7 Å². The Labute approximate surface area is 174 Å². The van der Waals surface area contributed by atoms with Crippen molar-refractivity contribution in [2.24, 2.45) is 0 Å². The molecule has 0 atom stereocenters. The molecule has 0 saturated carbocycles. The van der Waals surface area contributed by atoms with Crippen molar-refractivity contribution in [1.82, 2.24) is 0 Å². The fraction of sp³-hybridized carbons (Fsp3) is 0.154. The van der Waals surface area contributed by atoms with Crippen molar-refractivity contribution in [3.63, 3.8) is 0 Å². The Balaban J connectivity index is 2.07. The molecule has 3 aromatic carbocycles. The van der Waals surface area contributed by atoms with Gasteiger partial charge in [0.1, 0.15) is 5.75 Å². The molecule has 3 rings (SSSR count). The highest BCUT2D eigenvalue weighted by molar-refractivity contribution is 5.59. The maximum absolute atomic E-state index is 13.8. The molecule has 0 radical (unpaired) electrons. The number of rotatable bonds is 1. The number of alkyl halides is 3. The van der Waals surface area contributed by atoms with Crippen molar-refractivity contribution in [2.75, 3.05) is 7.11 Å². The predicted octanol–water partition coefficient (Wildman–Crippen LogP) is 6.13. The van der Waals surface area contributed by atoms with Crippen LogP contribution >= 0.6 is 0 Å². The summed E-state index contributed by atoms with van der Waals surface area (Å²) in [5.74, 6) is 11.2. The second-order valence-corrected chi connectivity index (χ2v) is 6.83. The molecule has 0 aliphatic carbocycles. The summed E-state index contributed by atoms with van der Waals surface area (Å²) >= 11 is 0. The first kappa shape index (κ1) is 21.1. The first-order chi connectivity index (χ1) is 14.3. The zero-order chi connectivity index (χ0) is 21.7. The van der Waals surface area contributed by atoms with E-state index in [1.54, 1.807) is 12.1 Å². The van der Waals surface area contributed by atoms with E-state index in [2.05, 4.69) is 23.7 Å². The Hall–Kier alpha value is -3.63. The zero-order valence-electron chi connectivity index (χ0n) is 16.8. The van der Waals surface area contributed by atoms with E-state index in [0.29, 0.717) is 5.56 Å². The summed E-state index contributed by atoms with van der Waals surface area (Å²) in [7, 11) is 1.32. The van der Waals surface area contributed by atoms with Gasteiger partial charge < -0.3 is 4.74 Å². The van der Waals surface area contributed by atoms with Crippen molar-refractivity contribution in [2.45, 2.75) is 20.0 Å². The minimum absolute atomic E-state index is 0.0395. The lowest BCUT2D eigenvalue weighted by molar-refractivity contribution is -0.137. The van der Waals surface area contributed by atoms with E-state index in [1.165, 1.54) is 13.2 Å². The fourth-order valence-corrected chi connectivity index (χ4v) is 2.75. The third-order valence-electron chi connectivity index (χ3n) is 4.41. The van der Waals surface area contributed by atoms with Gasteiger partial charge in [-0.2, -0.15) is 13.2 Å². The number of benzene rings is 3. The molecule has 0 bridgehead atoms. The molecule has 1 nitrogen and oxygen atoms in total. The van der Waals surface area contributed by atoms with Gasteiger partial charge in [0.25, 0.3) is 0 Å². The van der Waals surface area contributed by atoms with Gasteiger partial charge in [0.15, 0.2) is 0 Å². The molecule has 0 fully saturated rings. The number of ether oxygens (including phenoxy) is 1. The molecule has 0 spiro atoms. The van der Waals surface area contributed by atoms with Crippen LogP contribution in [-0.4, -0.2) is 7.11 Å². The minimum atomic E-state index is -4.59. The number of hydrogen-bond acceptors (Lipinski definition) is 1. The predicted molar refractivity (Wildman–Crippen MR) is 112 cm³/mol. The fourth-order valence-electron chi connectivity index (χ4n) is 2.75. The summed E-state index contributed by atoms with van der Waals surface area (Å²) in [6.45, 7) is 3.88. The Kier molecular flexibility index (Phi) is 6.19. The number of methoxy groups -OCH3 is 1. The van der Waals surface area contributed by atoms with Crippen LogP contribution in [0.3, 0.4) is 0 Å². The van der Waals surface area contributed by atoms with Gasteiger partial charge in [0.05, 0.1) is 18.2 Å². The van der Waals surface area contributed by atoms with Crippen LogP contribution in [0.1, 0.15) is 38.9 Å². The average Bonchev–Trinajstić information content (AvgIpc) is 2.72. The van der Waals surface area contributed by atoms with Gasteiger partial charge in [0, 0.05) is 16.7 Å². The lowest BCUT2D eigenvalue weighted by Crippen LogP contribution is -2.09. The van der Waals surface area contributed by atoms with Gasteiger partial charge in [-0.15, -0.1) is 0 Å². The molecule has 4 heteroatoms. The topological polar surface area (TPSA) is 9.23 Å². The Morgan fingerprint density at radius 2 is 1.13 bits per heavy atom. The Morgan fingerprint density at radius 3 is 1.60 bits per heavy atom. The zero-order valence-corrected chi connectivity index (χ0v) is 16.8. The van der Waals surface area contributed by atoms with Crippen molar-refractivity contribution < 1.29 is 17.9 Å². The average molecular weight is 404 g/mol. The smallest absolute Gasteiger partial charge is 0.417 e. The van der Waals surface area contributed by atoms with E-state index in [0.717, 1.165) is 22.8 Å². The standard InChI is InChI=1S/C26H19F3O/c1-18-4-8-20(9-5-18)12-13-22-16-24(26(27,28)29)23(25(17-22)30-3)15-14-21-10-6-19(2)7-11-21/h4-11,16-17H,1-3H3. The quantitative estimate of drug-likeness (QED) is 0.443. The van der Waals surface area contributed by atoms with Crippen molar-refractivity contribution in [3.05, 3.63) is 99.6 Å². The molecule has 0 heterocycles. The van der Waals surface area contributed by atoms with E-state index in [-0.39, 0.29) is 16.9 Å². The maximum Gasteiger partial charge on any atom is 0.417 e. The van der Waals surface area contributed by atoms with Gasteiger partial charge in [-0.3, -0.25) is 0 Å². The van der Waals surface area contributed by atoms with E-state index in [1.807, 2.05) is 50.2 Å². The highest BCUT2D eigenvalue weighted by Gasteiger charge is 2.35. The summed E-state index contributed by atoms with van der Waals surface area (Å²) < 4.78 is 46.5. The van der Waals surface area contributed by atoms with Gasteiger partial charge in [-0.05, 0) is 50.2 Å². The molecule has 0 N–H and O–H groups in total. The van der Waals surface area contributed by atoms with E-state index >= 15 is 0 Å². The van der Waals surface area contributed by atoms with Crippen molar-refractivity contribution in [1.29, 1.82) is 0 Å². The van der Waals surface area contributed by atoms with Crippen LogP contribution in [0.5, 0.6) is 5.75 Å². The van der Waals surface area contributed by atoms with Crippen LogP contribution in [-0.2, 0) is 6.18 Å². The molecule has 150 valence electrons. The molecule has 30 heavy (non-hydrogen) atoms. The summed E-state index contributed by atoms with van der Waals surface area (Å²) in [6.07, 6.45) is -4.59. The van der Waals surface area contributed by atoms with E-state index in [9.17, 15) is 13.2 Å². The van der Waals surface area contributed by atoms with E-state index < -0.39 is 11.7 Å². The third-order valence-corrected chi connectivity index (χ3v) is 4.41. The molecule has 0 amide bonds. The molecule has 0 aromatic heterocycles. The van der Waals surface area contributed by atoms with Crippen LogP contribution in [0.25, 0.3) is 0 Å². The van der Waals surface area contributed by atoms with Crippen molar-refractivity contribution >= 4 is 0 Å². The summed E-state index contributed by atoms with van der Waals surface area (Å²) in [5, 5.41) is 0. The largest absolute Gasteiger partial charge is 0.495 e. The lowest BCUT2D eigenvalue weighted by Gasteiger charge is -2.13. The summed E-state index contributed by atoms with van der Waals surface area (Å²) in [5.41, 5.74) is 2.61. The maximum atomic E-state index is 13.8. The van der Waals surface area contributed by atoms with E-state index in [4.69, 9.17) is 4.74 Å². The number of hydrogen-bond donors (Lipinski definition) is 0. The molecule has 0 aliphatic rings. The van der Waals surface area contributed by atoms with Crippen LogP contribution in [0.4, 0.5) is 13.2 Å². The summed E-state index contributed by atoms with van der Waals surface area (Å²) in [6, 6.07) is 17.2. The molecule has 0 saturated heterocycles. The number of aryl methyl sites for hydroxylation is 2. The first-order valence-corrected chi connectivity index (χ1v) is 9.23. The Morgan fingerprint density at radius 1 is 0.667 bits per heavy atom. The SMILES string of the molecule is COc1cc(C#Cc2ccc(C)cc2)cc(C(F)(F)F)c1C#Cc1ccc(C)cc1. The summed E-state index contributed by atoms with van der Waals surface area (Å²) in [4.78, 5) is 0. The molecular formula is C26H19F3O. The lowest BCUT2D eigenvalue weighted by atomic mass is 10.0. The molecule has 0 aliphatic heterocycles. The molecular weight excluding hydrogens is 385 g/mol. The monoisotopic (exact) mass is 404 g/mol. The second-order valence-electron chi connectivity index (χ2n) is 6.83. The minimum Gasteiger partial charge on any atom is -0.495 e. The normalized spacial score (nSPS) is 10.5. The highest BCUT2D eigenvalue weighted by atomic mass is 19.4. The second kappa shape index (κ2) is 8.80. The Bertz CT molecular complexity index is 1160. The molecule has 0 unspecified atom stereocenters. The first-order valence-electron chi connectivity index (χ1n) is 9.23. The van der Waals surface area contributed by atoms with Gasteiger partial charge in [-0.1, -0.05) is 59.1 Å². The van der Waals surface area contributed by atoms with Gasteiger partial charge in [-0.25, -0.2) is 0 Å². The molecule has 3 aromatic rings. The van der Waals surface area contributed by atoms with Crippen molar-refractivity contribution in [3.8, 4) is 29.4 Å². The van der Waals surface area contributed by atoms with Gasteiger partial charge >= 0.3 is 6.18 Å². The third kappa shape index (κ3) is 5.25. The van der Waals surface area contributed by atoms with Crippen LogP contribution < -0.4 is 4.74 Å².